The number of amides is 1. The fourth-order valence-electron chi connectivity index (χ4n) is 2.05. The van der Waals surface area contributed by atoms with E-state index in [2.05, 4.69) is 31.0 Å². The smallest absolute Gasteiger partial charge is 0.217 e. The van der Waals surface area contributed by atoms with Crippen molar-refractivity contribution < 1.29 is 4.79 Å². The van der Waals surface area contributed by atoms with E-state index in [0.29, 0.717) is 11.5 Å². The molecule has 1 saturated heterocycles. The van der Waals surface area contributed by atoms with Crippen molar-refractivity contribution in [3.63, 3.8) is 0 Å². The van der Waals surface area contributed by atoms with Gasteiger partial charge in [-0.2, -0.15) is 0 Å². The Bertz CT molecular complexity index is 208. The second kappa shape index (κ2) is 4.30. The van der Waals surface area contributed by atoms with Crippen molar-refractivity contribution in [1.29, 1.82) is 0 Å². The maximum Gasteiger partial charge on any atom is 0.217 e. The van der Waals surface area contributed by atoms with Crippen molar-refractivity contribution in [2.75, 3.05) is 19.6 Å². The molecule has 3 nitrogen and oxygen atoms in total. The number of rotatable bonds is 2. The van der Waals surface area contributed by atoms with Gasteiger partial charge in [-0.05, 0) is 11.8 Å². The third-order valence-corrected chi connectivity index (χ3v) is 2.38. The predicted octanol–water partition coefficient (Wildman–Crippen LogP) is 1.24. The number of nitrogens with one attached hydrogen (secondary N) is 1. The molecule has 1 aliphatic heterocycles. The molecule has 0 bridgehead atoms. The lowest BCUT2D eigenvalue weighted by Crippen LogP contribution is -2.37. The lowest BCUT2D eigenvalue weighted by molar-refractivity contribution is -0.119. The van der Waals surface area contributed by atoms with Gasteiger partial charge in [0.2, 0.25) is 5.91 Å². The van der Waals surface area contributed by atoms with Crippen LogP contribution in [0.3, 0.4) is 0 Å². The first-order valence-corrected chi connectivity index (χ1v) is 5.36. The Kier molecular flexibility index (Phi) is 3.53. The van der Waals surface area contributed by atoms with Crippen LogP contribution in [0.25, 0.3) is 0 Å². The van der Waals surface area contributed by atoms with Crippen LogP contribution in [0, 0.1) is 5.41 Å². The fraction of sp³-hybridized carbons (Fsp3) is 0.909. The van der Waals surface area contributed by atoms with Crippen molar-refractivity contribution in [1.82, 2.24) is 10.2 Å². The number of hydrogen-bond acceptors (Lipinski definition) is 2. The van der Waals surface area contributed by atoms with Gasteiger partial charge in [0.05, 0.1) is 0 Å². The highest BCUT2D eigenvalue weighted by Crippen LogP contribution is 2.19. The van der Waals surface area contributed by atoms with E-state index in [-0.39, 0.29) is 5.91 Å². The van der Waals surface area contributed by atoms with Gasteiger partial charge < -0.3 is 10.2 Å². The normalized spacial score (nSPS) is 23.9. The van der Waals surface area contributed by atoms with Crippen LogP contribution in [-0.4, -0.2) is 36.5 Å². The van der Waals surface area contributed by atoms with Gasteiger partial charge in [0, 0.05) is 32.6 Å². The Balaban J connectivity index is 2.31. The molecule has 1 N–H and O–H groups in total. The fourth-order valence-corrected chi connectivity index (χ4v) is 2.05. The minimum Gasteiger partial charge on any atom is -0.352 e. The summed E-state index contributed by atoms with van der Waals surface area (Å²) in [5, 5.41) is 2.98. The third kappa shape index (κ3) is 4.09. The first kappa shape index (κ1) is 11.5. The Morgan fingerprint density at radius 3 is 2.64 bits per heavy atom. The number of carbonyl (C=O) groups excluding carboxylic acids is 1. The number of likely N-dealkylation sites (tertiary alicyclic amines) is 1. The van der Waals surface area contributed by atoms with Crippen LogP contribution in [0.2, 0.25) is 0 Å². The van der Waals surface area contributed by atoms with Crippen LogP contribution in [0.1, 0.15) is 34.1 Å². The van der Waals surface area contributed by atoms with E-state index >= 15 is 0 Å². The van der Waals surface area contributed by atoms with Crippen LogP contribution in [0.4, 0.5) is 0 Å². The van der Waals surface area contributed by atoms with Gasteiger partial charge in [0.1, 0.15) is 0 Å². The standard InChI is InChI=1S/C11H22N2O/c1-9(14)12-10-5-6-13(7-10)8-11(2,3)4/h10H,5-8H2,1-4H3,(H,12,14)/t10-/m0/s1. The van der Waals surface area contributed by atoms with Gasteiger partial charge in [-0.25, -0.2) is 0 Å². The van der Waals surface area contributed by atoms with Crippen LogP contribution in [0.15, 0.2) is 0 Å². The monoisotopic (exact) mass is 198 g/mol. The Labute approximate surface area is 86.9 Å². The maximum atomic E-state index is 10.9. The van der Waals surface area contributed by atoms with Gasteiger partial charge >= 0.3 is 0 Å². The van der Waals surface area contributed by atoms with E-state index in [0.717, 1.165) is 26.1 Å². The first-order chi connectivity index (χ1) is 6.37. The summed E-state index contributed by atoms with van der Waals surface area (Å²) in [6.45, 7) is 11.6. The summed E-state index contributed by atoms with van der Waals surface area (Å²) >= 11 is 0. The third-order valence-electron chi connectivity index (χ3n) is 2.38. The Morgan fingerprint density at radius 2 is 2.14 bits per heavy atom. The molecule has 1 atom stereocenters. The van der Waals surface area contributed by atoms with Crippen LogP contribution >= 0.6 is 0 Å². The minimum absolute atomic E-state index is 0.0904. The molecule has 0 aliphatic carbocycles. The minimum atomic E-state index is 0.0904. The molecule has 82 valence electrons. The second-order valence-corrected chi connectivity index (χ2v) is 5.48. The van der Waals surface area contributed by atoms with E-state index in [1.54, 1.807) is 6.92 Å². The average molecular weight is 198 g/mol. The molecular weight excluding hydrogens is 176 g/mol. The summed E-state index contributed by atoms with van der Waals surface area (Å²) in [6.07, 6.45) is 1.09. The van der Waals surface area contributed by atoms with Crippen LogP contribution in [-0.2, 0) is 4.79 Å². The second-order valence-electron chi connectivity index (χ2n) is 5.48. The molecule has 0 aromatic heterocycles. The van der Waals surface area contributed by atoms with E-state index in [4.69, 9.17) is 0 Å². The zero-order chi connectivity index (χ0) is 10.8. The molecule has 0 saturated carbocycles. The van der Waals surface area contributed by atoms with Crippen LogP contribution in [0.5, 0.6) is 0 Å². The van der Waals surface area contributed by atoms with Gasteiger partial charge in [-0.15, -0.1) is 0 Å². The van der Waals surface area contributed by atoms with Crippen molar-refractivity contribution in [2.24, 2.45) is 5.41 Å². The lowest BCUT2D eigenvalue weighted by atomic mass is 9.96. The molecule has 14 heavy (non-hydrogen) atoms. The van der Waals surface area contributed by atoms with E-state index in [9.17, 15) is 4.79 Å². The Morgan fingerprint density at radius 1 is 1.50 bits per heavy atom. The molecule has 0 spiro atoms. The highest BCUT2D eigenvalue weighted by atomic mass is 16.1. The molecule has 3 heteroatoms. The zero-order valence-corrected chi connectivity index (χ0v) is 9.76. The maximum absolute atomic E-state index is 10.9. The topological polar surface area (TPSA) is 32.3 Å². The number of hydrogen-bond donors (Lipinski definition) is 1. The first-order valence-electron chi connectivity index (χ1n) is 5.36. The van der Waals surface area contributed by atoms with E-state index < -0.39 is 0 Å². The molecule has 1 aliphatic rings. The Hall–Kier alpha value is -0.570. The molecule has 0 radical (unpaired) electrons. The largest absolute Gasteiger partial charge is 0.352 e. The van der Waals surface area contributed by atoms with Gasteiger partial charge in [-0.1, -0.05) is 20.8 Å². The highest BCUT2D eigenvalue weighted by Gasteiger charge is 2.25. The number of carbonyl (C=O) groups is 1. The summed E-state index contributed by atoms with van der Waals surface area (Å²) in [5.74, 6) is 0.0904. The van der Waals surface area contributed by atoms with Crippen molar-refractivity contribution in [3.8, 4) is 0 Å². The molecule has 0 aromatic carbocycles. The van der Waals surface area contributed by atoms with Crippen LogP contribution < -0.4 is 5.32 Å². The molecule has 0 aromatic rings. The van der Waals surface area contributed by atoms with Gasteiger partial charge in [0.15, 0.2) is 0 Å². The summed E-state index contributed by atoms with van der Waals surface area (Å²) in [6, 6.07) is 0.370. The highest BCUT2D eigenvalue weighted by molar-refractivity contribution is 5.73. The van der Waals surface area contributed by atoms with Gasteiger partial charge in [-0.3, -0.25) is 4.79 Å². The van der Waals surface area contributed by atoms with E-state index in [1.165, 1.54) is 0 Å². The summed E-state index contributed by atoms with van der Waals surface area (Å²) in [4.78, 5) is 13.3. The molecule has 1 amide bonds. The zero-order valence-electron chi connectivity index (χ0n) is 9.76. The number of nitrogens with zero attached hydrogens (tertiary/aromatic N) is 1. The van der Waals surface area contributed by atoms with Crippen molar-refractivity contribution in [3.05, 3.63) is 0 Å². The molecular formula is C11H22N2O. The molecule has 1 fully saturated rings. The quantitative estimate of drug-likeness (QED) is 0.724. The van der Waals surface area contributed by atoms with Crippen molar-refractivity contribution >= 4 is 5.91 Å². The average Bonchev–Trinajstić information content (AvgIpc) is 2.30. The summed E-state index contributed by atoms with van der Waals surface area (Å²) in [7, 11) is 0. The molecule has 1 heterocycles. The predicted molar refractivity (Wildman–Crippen MR) is 58.1 cm³/mol. The SMILES string of the molecule is CC(=O)N[C@H]1CCN(CC(C)(C)C)C1. The van der Waals surface area contributed by atoms with Gasteiger partial charge in [0.25, 0.3) is 0 Å². The molecule has 1 rings (SSSR count). The summed E-state index contributed by atoms with van der Waals surface area (Å²) < 4.78 is 0. The molecule has 0 unspecified atom stereocenters. The lowest BCUT2D eigenvalue weighted by Gasteiger charge is -2.26. The van der Waals surface area contributed by atoms with Crippen molar-refractivity contribution in [2.45, 2.75) is 40.2 Å². The summed E-state index contributed by atoms with van der Waals surface area (Å²) in [5.41, 5.74) is 0.352. The van der Waals surface area contributed by atoms with E-state index in [1.807, 2.05) is 0 Å².